The zero-order valence-electron chi connectivity index (χ0n) is 22.1. The van der Waals surface area contributed by atoms with E-state index in [2.05, 4.69) is 29.6 Å². The lowest BCUT2D eigenvalue weighted by Crippen LogP contribution is -2.49. The molecule has 0 spiro atoms. The molecule has 0 unspecified atom stereocenters. The number of imide groups is 1. The molecular formula is C34H28N2O3. The lowest BCUT2D eigenvalue weighted by atomic mass is 9.48. The van der Waals surface area contributed by atoms with E-state index >= 15 is 0 Å². The first-order valence-corrected chi connectivity index (χ1v) is 13.4. The smallest absolute Gasteiger partial charge is 0.255 e. The van der Waals surface area contributed by atoms with Crippen LogP contribution in [-0.4, -0.2) is 17.7 Å². The first kappa shape index (κ1) is 23.6. The van der Waals surface area contributed by atoms with Crippen LogP contribution in [0.15, 0.2) is 91.0 Å². The van der Waals surface area contributed by atoms with Crippen molar-refractivity contribution in [3.8, 4) is 0 Å². The van der Waals surface area contributed by atoms with Gasteiger partial charge in [0, 0.05) is 23.1 Å². The summed E-state index contributed by atoms with van der Waals surface area (Å²) in [6, 6.07) is 29.0. The number of rotatable bonds is 3. The highest BCUT2D eigenvalue weighted by atomic mass is 16.2. The monoisotopic (exact) mass is 512 g/mol. The average Bonchev–Trinajstić information content (AvgIpc) is 3.16. The van der Waals surface area contributed by atoms with Crippen molar-refractivity contribution in [3.05, 3.63) is 130 Å². The van der Waals surface area contributed by atoms with E-state index in [4.69, 9.17) is 0 Å². The molecule has 0 saturated carbocycles. The molecule has 2 atom stereocenters. The molecule has 0 radical (unpaired) electrons. The molecule has 2 bridgehead atoms. The van der Waals surface area contributed by atoms with E-state index in [9.17, 15) is 14.4 Å². The Morgan fingerprint density at radius 2 is 1.41 bits per heavy atom. The highest BCUT2D eigenvalue weighted by molar-refractivity contribution is 6.25. The topological polar surface area (TPSA) is 66.5 Å². The summed E-state index contributed by atoms with van der Waals surface area (Å²) in [4.78, 5) is 43.0. The maximum Gasteiger partial charge on any atom is 0.255 e. The van der Waals surface area contributed by atoms with Crippen LogP contribution >= 0.6 is 0 Å². The molecule has 1 saturated heterocycles. The molecule has 39 heavy (non-hydrogen) atoms. The van der Waals surface area contributed by atoms with Crippen molar-refractivity contribution in [2.75, 3.05) is 10.2 Å². The van der Waals surface area contributed by atoms with Crippen molar-refractivity contribution in [1.29, 1.82) is 0 Å². The van der Waals surface area contributed by atoms with Crippen molar-refractivity contribution >= 4 is 29.1 Å². The zero-order valence-corrected chi connectivity index (χ0v) is 22.1. The number of hydrogen-bond acceptors (Lipinski definition) is 3. The van der Waals surface area contributed by atoms with Gasteiger partial charge in [0.1, 0.15) is 0 Å². The minimum Gasteiger partial charge on any atom is -0.322 e. The number of carbonyl (C=O) groups excluding carboxylic acids is 3. The third-order valence-electron chi connectivity index (χ3n) is 9.14. The molecule has 3 amide bonds. The number of amides is 3. The Kier molecular flexibility index (Phi) is 4.99. The Bertz CT molecular complexity index is 1680. The molecule has 0 aromatic heterocycles. The van der Waals surface area contributed by atoms with Crippen LogP contribution in [0.5, 0.6) is 0 Å². The van der Waals surface area contributed by atoms with Crippen LogP contribution in [0.1, 0.15) is 62.5 Å². The van der Waals surface area contributed by atoms with E-state index in [1.54, 1.807) is 24.3 Å². The van der Waals surface area contributed by atoms with Crippen LogP contribution in [0.2, 0.25) is 0 Å². The molecule has 1 fully saturated rings. The molecule has 4 aromatic carbocycles. The highest BCUT2D eigenvalue weighted by Crippen LogP contribution is 2.67. The van der Waals surface area contributed by atoms with Gasteiger partial charge in [0.15, 0.2) is 0 Å². The van der Waals surface area contributed by atoms with Crippen molar-refractivity contribution in [2.45, 2.75) is 32.6 Å². The van der Waals surface area contributed by atoms with Crippen LogP contribution in [0.3, 0.4) is 0 Å². The van der Waals surface area contributed by atoms with E-state index in [-0.39, 0.29) is 29.6 Å². The van der Waals surface area contributed by atoms with Crippen molar-refractivity contribution in [1.82, 2.24) is 0 Å². The van der Waals surface area contributed by atoms with E-state index in [0.717, 1.165) is 33.4 Å². The molecule has 1 N–H and O–H groups in total. The number of anilines is 2. The Morgan fingerprint density at radius 3 is 2.05 bits per heavy atom. The summed E-state index contributed by atoms with van der Waals surface area (Å²) in [5.74, 6) is -1.60. The Morgan fingerprint density at radius 1 is 0.769 bits per heavy atom. The number of benzene rings is 4. The molecule has 4 aromatic rings. The van der Waals surface area contributed by atoms with E-state index in [0.29, 0.717) is 16.9 Å². The van der Waals surface area contributed by atoms with Crippen LogP contribution in [-0.2, 0) is 9.59 Å². The molecule has 4 aliphatic rings. The maximum atomic E-state index is 14.3. The Hall–Kier alpha value is -4.51. The molecule has 3 aliphatic carbocycles. The van der Waals surface area contributed by atoms with Gasteiger partial charge in [0.05, 0.1) is 17.0 Å². The van der Waals surface area contributed by atoms with Gasteiger partial charge in [-0.3, -0.25) is 14.4 Å². The molecule has 8 rings (SSSR count). The number of hydrogen-bond donors (Lipinski definition) is 1. The van der Waals surface area contributed by atoms with Gasteiger partial charge in [-0.05, 0) is 84.5 Å². The largest absolute Gasteiger partial charge is 0.322 e. The van der Waals surface area contributed by atoms with E-state index < -0.39 is 11.3 Å². The summed E-state index contributed by atoms with van der Waals surface area (Å²) >= 11 is 0. The second-order valence-corrected chi connectivity index (χ2v) is 11.2. The summed E-state index contributed by atoms with van der Waals surface area (Å²) < 4.78 is 0. The van der Waals surface area contributed by atoms with Crippen LogP contribution < -0.4 is 10.2 Å². The zero-order chi connectivity index (χ0) is 27.1. The van der Waals surface area contributed by atoms with Gasteiger partial charge in [0.2, 0.25) is 11.8 Å². The predicted octanol–water partition coefficient (Wildman–Crippen LogP) is 6.34. The summed E-state index contributed by atoms with van der Waals surface area (Å²) in [5, 5.41) is 2.94. The molecule has 1 heterocycles. The SMILES string of the molecule is Cc1ccc(NC(=O)c2cccc(N3C(=O)[C@@H]4C5c6ccccc6C(c6ccccc65)[C@@]4(C)C3=O)c2)cc1C. The van der Waals surface area contributed by atoms with Gasteiger partial charge in [0.25, 0.3) is 5.91 Å². The van der Waals surface area contributed by atoms with Crippen molar-refractivity contribution in [3.63, 3.8) is 0 Å². The van der Waals surface area contributed by atoms with Crippen LogP contribution in [0.4, 0.5) is 11.4 Å². The first-order chi connectivity index (χ1) is 18.8. The third-order valence-corrected chi connectivity index (χ3v) is 9.14. The van der Waals surface area contributed by atoms with Gasteiger partial charge in [-0.1, -0.05) is 60.7 Å². The summed E-state index contributed by atoms with van der Waals surface area (Å²) in [5.41, 5.74) is 7.36. The maximum absolute atomic E-state index is 14.3. The van der Waals surface area contributed by atoms with E-state index in [1.807, 2.05) is 63.2 Å². The normalized spacial score (nSPS) is 24.3. The average molecular weight is 513 g/mol. The van der Waals surface area contributed by atoms with Gasteiger partial charge in [-0.25, -0.2) is 4.90 Å². The lowest BCUT2D eigenvalue weighted by Gasteiger charge is -2.51. The Labute approximate surface area is 227 Å². The van der Waals surface area contributed by atoms with Crippen LogP contribution in [0.25, 0.3) is 0 Å². The molecule has 5 heteroatoms. The fourth-order valence-corrected chi connectivity index (χ4v) is 7.17. The minimum atomic E-state index is -0.915. The summed E-state index contributed by atoms with van der Waals surface area (Å²) in [6.07, 6.45) is 0. The van der Waals surface area contributed by atoms with Gasteiger partial charge < -0.3 is 5.32 Å². The fraction of sp³-hybridized carbons (Fsp3) is 0.206. The van der Waals surface area contributed by atoms with Gasteiger partial charge in [-0.2, -0.15) is 0 Å². The number of carbonyl (C=O) groups is 3. The van der Waals surface area contributed by atoms with Crippen LogP contribution in [0, 0.1) is 25.2 Å². The number of aryl methyl sites for hydroxylation is 2. The summed E-state index contributed by atoms with van der Waals surface area (Å²) in [6.45, 7) is 5.98. The number of nitrogens with one attached hydrogen (secondary N) is 1. The second-order valence-electron chi connectivity index (χ2n) is 11.2. The molecule has 192 valence electrons. The van der Waals surface area contributed by atoms with Gasteiger partial charge >= 0.3 is 0 Å². The van der Waals surface area contributed by atoms with Gasteiger partial charge in [-0.15, -0.1) is 0 Å². The third kappa shape index (κ3) is 3.16. The first-order valence-electron chi connectivity index (χ1n) is 13.4. The number of nitrogens with zero attached hydrogens (tertiary/aromatic N) is 1. The highest BCUT2D eigenvalue weighted by Gasteiger charge is 2.68. The fourth-order valence-electron chi connectivity index (χ4n) is 7.17. The minimum absolute atomic E-state index is 0.190. The Balaban J connectivity index is 1.28. The van der Waals surface area contributed by atoms with Crippen molar-refractivity contribution in [2.24, 2.45) is 11.3 Å². The van der Waals surface area contributed by atoms with E-state index in [1.165, 1.54) is 4.90 Å². The van der Waals surface area contributed by atoms with Crippen molar-refractivity contribution < 1.29 is 14.4 Å². The standard InChI is InChI=1S/C34H28N2O3/c1-19-15-16-22(17-20(19)2)35-31(37)21-9-8-10-23(18-21)36-32(38)30-28-24-11-4-6-13-26(24)29(34(30,3)33(36)39)27-14-7-5-12-25(27)28/h4-18,28-30H,1-3H3,(H,35,37)/t28?,29?,30-,34+/m0/s1. The quantitative estimate of drug-likeness (QED) is 0.326. The predicted molar refractivity (Wildman–Crippen MR) is 151 cm³/mol. The summed E-state index contributed by atoms with van der Waals surface area (Å²) in [7, 11) is 0. The molecule has 1 aliphatic heterocycles. The molecule has 5 nitrogen and oxygen atoms in total. The second kappa shape index (κ2) is 8.24. The lowest BCUT2D eigenvalue weighted by molar-refractivity contribution is -0.128. The molecular weight excluding hydrogens is 484 g/mol.